The quantitative estimate of drug-likeness (QED) is 0.0243. The van der Waals surface area contributed by atoms with Crippen molar-refractivity contribution in [2.24, 2.45) is 0 Å². The molecule has 0 aromatic rings. The molecule has 0 aliphatic rings. The number of unbranched alkanes of at least 4 members (excludes halogenated alkanes) is 27. The summed E-state index contributed by atoms with van der Waals surface area (Å²) >= 11 is 0. The number of carbonyl (C=O) groups is 1. The van der Waals surface area contributed by atoms with Crippen molar-refractivity contribution in [1.29, 1.82) is 0 Å². The fourth-order valence-corrected chi connectivity index (χ4v) is 9.63. The van der Waals surface area contributed by atoms with Crippen molar-refractivity contribution in [2.75, 3.05) is 40.9 Å². The molecule has 1 amide bonds. The van der Waals surface area contributed by atoms with E-state index in [1.54, 1.807) is 6.08 Å². The molecule has 0 radical (unpaired) electrons. The normalized spacial score (nSPS) is 14.6. The Morgan fingerprint density at radius 1 is 0.443 bits per heavy atom. The molecule has 0 aromatic carbocycles. The van der Waals surface area contributed by atoms with Gasteiger partial charge in [-0.1, -0.05) is 283 Å². The molecule has 0 saturated heterocycles. The number of carbonyl (C=O) groups excluding carboxylic acids is 1. The van der Waals surface area contributed by atoms with Crippen molar-refractivity contribution in [3.05, 3.63) is 122 Å². The van der Waals surface area contributed by atoms with Crippen molar-refractivity contribution in [3.8, 4) is 0 Å². The average Bonchev–Trinajstić information content (AvgIpc) is 3.42. The maximum Gasteiger partial charge on any atom is 0.472 e. The molecule has 0 heterocycles. The Labute approximate surface area is 488 Å². The van der Waals surface area contributed by atoms with E-state index >= 15 is 0 Å². The van der Waals surface area contributed by atoms with Crippen LogP contribution >= 0.6 is 7.82 Å². The Balaban J connectivity index is 4.09. The number of nitrogens with zero attached hydrogens (tertiary/aromatic N) is 1. The Hall–Kier alpha value is -3.10. The first-order valence-corrected chi connectivity index (χ1v) is 33.9. The summed E-state index contributed by atoms with van der Waals surface area (Å²) < 4.78 is 23.7. The second-order valence-corrected chi connectivity index (χ2v) is 24.2. The highest BCUT2D eigenvalue weighted by atomic mass is 31.2. The zero-order valence-corrected chi connectivity index (χ0v) is 52.7. The SMILES string of the molecule is CC/C=C\C/C=C\C/C=C\C/C=C\C/C=C\C/C=C\C/C=C\C/C=C\CCCCCCCCCCCCCCCCC(=O)NC(COP(=O)(O)OCC[N+](C)(C)C)C(O)/C=C/CC/C=C/CCCCCCCCCCCCCC. The van der Waals surface area contributed by atoms with Gasteiger partial charge in [-0.25, -0.2) is 4.57 Å². The summed E-state index contributed by atoms with van der Waals surface area (Å²) in [6, 6.07) is -0.871. The van der Waals surface area contributed by atoms with Crippen LogP contribution in [-0.4, -0.2) is 73.4 Å². The lowest BCUT2D eigenvalue weighted by atomic mass is 10.0. The minimum atomic E-state index is -4.36. The van der Waals surface area contributed by atoms with Gasteiger partial charge in [0.2, 0.25) is 5.91 Å². The lowest BCUT2D eigenvalue weighted by Crippen LogP contribution is -2.45. The van der Waals surface area contributed by atoms with E-state index in [2.05, 4.69) is 129 Å². The number of amides is 1. The molecule has 79 heavy (non-hydrogen) atoms. The van der Waals surface area contributed by atoms with E-state index in [4.69, 9.17) is 9.05 Å². The predicted octanol–water partition coefficient (Wildman–Crippen LogP) is 20.5. The van der Waals surface area contributed by atoms with E-state index in [9.17, 15) is 19.4 Å². The lowest BCUT2D eigenvalue weighted by molar-refractivity contribution is -0.870. The number of aliphatic hydroxyl groups excluding tert-OH is 1. The van der Waals surface area contributed by atoms with E-state index in [-0.39, 0.29) is 19.1 Å². The Bertz CT molecular complexity index is 1700. The van der Waals surface area contributed by atoms with Crippen LogP contribution < -0.4 is 5.32 Å². The Morgan fingerprint density at radius 2 is 0.772 bits per heavy atom. The number of hydrogen-bond donors (Lipinski definition) is 3. The van der Waals surface area contributed by atoms with Crippen LogP contribution in [0.1, 0.15) is 264 Å². The van der Waals surface area contributed by atoms with Crippen molar-refractivity contribution in [2.45, 2.75) is 276 Å². The average molecular weight is 1120 g/mol. The number of likely N-dealkylation sites (N-methyl/N-ethyl adjacent to an activating group) is 1. The van der Waals surface area contributed by atoms with Crippen LogP contribution in [0.5, 0.6) is 0 Å². The standard InChI is InChI=1S/C70H123N2O6P/c1-6-8-10-12-14-16-18-20-22-24-26-27-28-29-30-31-32-33-34-35-36-37-38-39-40-41-42-43-44-45-46-48-50-52-54-56-58-60-62-64-70(74)71-68(67-78-79(75,76)77-66-65-72(3,4)5)69(73)63-61-59-57-55-53-51-49-47-25-23-21-19-17-15-13-11-9-7-2/h8,10,14,16,20,22,26-27,29-30,32-33,35-36,38-39,53,55,61,63,68-69,73H,6-7,9,11-13,15,17-19,21,23-25,28,31,34,37,40-52,54,56-60,62,64-67H2,1-5H3,(H-,71,74,75,76)/p+1/b10-8-,16-14-,22-20-,27-26-,30-29-,33-32-,36-35-,39-38-,55-53+,63-61+. The van der Waals surface area contributed by atoms with Crippen LogP contribution in [0, 0.1) is 0 Å². The highest BCUT2D eigenvalue weighted by Gasteiger charge is 2.27. The van der Waals surface area contributed by atoms with Gasteiger partial charge in [0.05, 0.1) is 39.9 Å². The fourth-order valence-electron chi connectivity index (χ4n) is 8.90. The molecule has 0 saturated carbocycles. The summed E-state index contributed by atoms with van der Waals surface area (Å²) in [5.41, 5.74) is 0. The van der Waals surface area contributed by atoms with E-state index in [1.165, 1.54) is 154 Å². The predicted molar refractivity (Wildman–Crippen MR) is 345 cm³/mol. The van der Waals surface area contributed by atoms with Crippen molar-refractivity contribution in [1.82, 2.24) is 5.32 Å². The second-order valence-electron chi connectivity index (χ2n) is 22.7. The van der Waals surface area contributed by atoms with Crippen LogP contribution in [0.15, 0.2) is 122 Å². The molecule has 3 N–H and O–H groups in total. The number of rotatable bonds is 58. The molecule has 8 nitrogen and oxygen atoms in total. The van der Waals surface area contributed by atoms with Crippen LogP contribution in [0.3, 0.4) is 0 Å². The molecule has 0 aromatic heterocycles. The minimum Gasteiger partial charge on any atom is -0.387 e. The molecule has 454 valence electrons. The summed E-state index contributed by atoms with van der Waals surface area (Å²) in [5, 5.41) is 13.9. The summed E-state index contributed by atoms with van der Waals surface area (Å²) in [5.74, 6) is -0.190. The number of hydrogen-bond acceptors (Lipinski definition) is 5. The molecule has 0 aliphatic heterocycles. The van der Waals surface area contributed by atoms with Gasteiger partial charge in [-0.05, 0) is 96.3 Å². The molecule has 0 fully saturated rings. The van der Waals surface area contributed by atoms with Crippen molar-refractivity contribution in [3.63, 3.8) is 0 Å². The summed E-state index contributed by atoms with van der Waals surface area (Å²) in [6.45, 7) is 4.69. The molecule has 3 unspecified atom stereocenters. The number of aliphatic hydroxyl groups is 1. The molecule has 3 atom stereocenters. The van der Waals surface area contributed by atoms with Gasteiger partial charge < -0.3 is 19.8 Å². The zero-order valence-electron chi connectivity index (χ0n) is 51.8. The third-order valence-corrected chi connectivity index (χ3v) is 14.9. The van der Waals surface area contributed by atoms with Crippen molar-refractivity contribution < 1.29 is 32.9 Å². The maximum absolute atomic E-state index is 13.0. The Morgan fingerprint density at radius 3 is 1.16 bits per heavy atom. The van der Waals surface area contributed by atoms with Gasteiger partial charge in [0.1, 0.15) is 13.2 Å². The van der Waals surface area contributed by atoms with Crippen LogP contribution in [-0.2, 0) is 18.4 Å². The largest absolute Gasteiger partial charge is 0.472 e. The highest BCUT2D eigenvalue weighted by molar-refractivity contribution is 7.47. The third kappa shape index (κ3) is 62.4. The molecular formula is C70H124N2O6P+. The number of phosphoric acid groups is 1. The fraction of sp³-hybridized carbons (Fsp3) is 0.700. The molecular weight excluding hydrogens is 996 g/mol. The van der Waals surface area contributed by atoms with Gasteiger partial charge in [0.15, 0.2) is 0 Å². The van der Waals surface area contributed by atoms with Crippen LogP contribution in [0.25, 0.3) is 0 Å². The monoisotopic (exact) mass is 1120 g/mol. The molecule has 9 heteroatoms. The van der Waals surface area contributed by atoms with Gasteiger partial charge in [0, 0.05) is 6.42 Å². The van der Waals surface area contributed by atoms with Gasteiger partial charge in [-0.2, -0.15) is 0 Å². The van der Waals surface area contributed by atoms with E-state index in [0.717, 1.165) is 89.9 Å². The minimum absolute atomic E-state index is 0.0520. The van der Waals surface area contributed by atoms with Crippen molar-refractivity contribution >= 4 is 13.7 Å². The molecule has 0 spiro atoms. The highest BCUT2D eigenvalue weighted by Crippen LogP contribution is 2.43. The van der Waals surface area contributed by atoms with E-state index < -0.39 is 20.0 Å². The Kier molecular flexibility index (Phi) is 57.2. The zero-order chi connectivity index (χ0) is 57.7. The lowest BCUT2D eigenvalue weighted by Gasteiger charge is -2.25. The molecule has 0 bridgehead atoms. The topological polar surface area (TPSA) is 105 Å². The molecule has 0 aliphatic carbocycles. The maximum atomic E-state index is 13.0. The smallest absolute Gasteiger partial charge is 0.387 e. The first-order valence-electron chi connectivity index (χ1n) is 32.4. The van der Waals surface area contributed by atoms with Gasteiger partial charge in [0.25, 0.3) is 0 Å². The van der Waals surface area contributed by atoms with E-state index in [0.29, 0.717) is 17.4 Å². The second kappa shape index (κ2) is 59.5. The number of quaternary nitrogens is 1. The van der Waals surface area contributed by atoms with Crippen LogP contribution in [0.4, 0.5) is 0 Å². The van der Waals surface area contributed by atoms with Gasteiger partial charge in [-0.15, -0.1) is 0 Å². The summed E-state index contributed by atoms with van der Waals surface area (Å²) in [6.07, 6.45) is 89.0. The van der Waals surface area contributed by atoms with Crippen LogP contribution in [0.2, 0.25) is 0 Å². The third-order valence-electron chi connectivity index (χ3n) is 13.9. The molecule has 0 rings (SSSR count). The first-order chi connectivity index (χ1) is 38.5. The number of phosphoric ester groups is 1. The first kappa shape index (κ1) is 75.9. The number of allylic oxidation sites excluding steroid dienone is 19. The van der Waals surface area contributed by atoms with E-state index in [1.807, 2.05) is 27.2 Å². The summed E-state index contributed by atoms with van der Waals surface area (Å²) in [4.78, 5) is 23.3. The summed E-state index contributed by atoms with van der Waals surface area (Å²) in [7, 11) is 1.55. The number of nitrogens with one attached hydrogen (secondary N) is 1. The van der Waals surface area contributed by atoms with Gasteiger partial charge in [-0.3, -0.25) is 13.8 Å². The van der Waals surface area contributed by atoms with Gasteiger partial charge >= 0.3 is 7.82 Å².